The van der Waals surface area contributed by atoms with E-state index < -0.39 is 0 Å². The number of nitrogens with two attached hydrogens (primary N) is 1. The Bertz CT molecular complexity index is 626. The number of fused-ring (bicyclic) bond motifs is 1. The first-order valence-corrected chi connectivity index (χ1v) is 5.43. The van der Waals surface area contributed by atoms with E-state index in [4.69, 9.17) is 5.73 Å². The first-order chi connectivity index (χ1) is 7.66. The van der Waals surface area contributed by atoms with Crippen LogP contribution in [0.4, 0.5) is 5.69 Å². The zero-order valence-corrected chi connectivity index (χ0v) is 9.10. The quantitative estimate of drug-likeness (QED) is 0.731. The van der Waals surface area contributed by atoms with Crippen molar-refractivity contribution in [1.82, 2.24) is 9.55 Å². The summed E-state index contributed by atoms with van der Waals surface area (Å²) in [4.78, 5) is 16.6. The molecule has 0 aliphatic heterocycles. The molecular formula is C12H13N3O. The zero-order chi connectivity index (χ0) is 11.3. The molecule has 1 saturated carbocycles. The van der Waals surface area contributed by atoms with Gasteiger partial charge in [-0.15, -0.1) is 0 Å². The maximum Gasteiger partial charge on any atom is 0.261 e. The molecule has 1 fully saturated rings. The van der Waals surface area contributed by atoms with Crippen LogP contribution < -0.4 is 11.3 Å². The van der Waals surface area contributed by atoms with Crippen LogP contribution in [0.25, 0.3) is 10.9 Å². The first-order valence-electron chi connectivity index (χ1n) is 5.43. The number of hydrogen-bond acceptors (Lipinski definition) is 3. The molecule has 2 N–H and O–H groups in total. The van der Waals surface area contributed by atoms with E-state index in [-0.39, 0.29) is 5.56 Å². The standard InChI is InChI=1S/C12H13N3O/c1-15-11(7-2-3-7)14-10-5-4-8(13)6-9(10)12(15)16/h4-7H,2-3,13H2,1H3. The second-order valence-corrected chi connectivity index (χ2v) is 4.39. The topological polar surface area (TPSA) is 60.9 Å². The lowest BCUT2D eigenvalue weighted by Crippen LogP contribution is -2.22. The van der Waals surface area contributed by atoms with Gasteiger partial charge in [-0.25, -0.2) is 4.98 Å². The summed E-state index contributed by atoms with van der Waals surface area (Å²) in [6, 6.07) is 5.30. The van der Waals surface area contributed by atoms with Crippen molar-refractivity contribution in [3.8, 4) is 0 Å². The van der Waals surface area contributed by atoms with Crippen molar-refractivity contribution in [3.05, 3.63) is 34.4 Å². The molecule has 0 atom stereocenters. The molecular weight excluding hydrogens is 202 g/mol. The first kappa shape index (κ1) is 9.39. The lowest BCUT2D eigenvalue weighted by atomic mass is 10.2. The molecule has 1 aromatic heterocycles. The van der Waals surface area contributed by atoms with Crippen molar-refractivity contribution in [2.24, 2.45) is 7.05 Å². The van der Waals surface area contributed by atoms with E-state index >= 15 is 0 Å². The van der Waals surface area contributed by atoms with E-state index in [1.165, 1.54) is 0 Å². The second-order valence-electron chi connectivity index (χ2n) is 4.39. The number of nitrogen functional groups attached to an aromatic ring is 1. The van der Waals surface area contributed by atoms with E-state index in [1.54, 1.807) is 23.7 Å². The highest BCUT2D eigenvalue weighted by Crippen LogP contribution is 2.38. The molecule has 3 rings (SSSR count). The van der Waals surface area contributed by atoms with Crippen molar-refractivity contribution in [3.63, 3.8) is 0 Å². The summed E-state index contributed by atoms with van der Waals surface area (Å²) >= 11 is 0. The third kappa shape index (κ3) is 1.30. The molecule has 4 nitrogen and oxygen atoms in total. The van der Waals surface area contributed by atoms with Crippen LogP contribution in [0.15, 0.2) is 23.0 Å². The highest BCUT2D eigenvalue weighted by molar-refractivity contribution is 5.81. The number of aromatic nitrogens is 2. The summed E-state index contributed by atoms with van der Waals surface area (Å²) in [7, 11) is 1.78. The minimum Gasteiger partial charge on any atom is -0.399 e. The summed E-state index contributed by atoms with van der Waals surface area (Å²) in [5, 5.41) is 0.604. The van der Waals surface area contributed by atoms with Gasteiger partial charge in [-0.05, 0) is 31.0 Å². The number of hydrogen-bond donors (Lipinski definition) is 1. The number of nitrogens with zero attached hydrogens (tertiary/aromatic N) is 2. The average Bonchev–Trinajstić information content (AvgIpc) is 3.08. The Balaban J connectivity index is 2.38. The van der Waals surface area contributed by atoms with Gasteiger partial charge in [0.25, 0.3) is 5.56 Å². The number of anilines is 1. The average molecular weight is 215 g/mol. The molecule has 0 spiro atoms. The Labute approximate surface area is 92.7 Å². The fourth-order valence-electron chi connectivity index (χ4n) is 2.01. The molecule has 0 bridgehead atoms. The van der Waals surface area contributed by atoms with Crippen molar-refractivity contribution >= 4 is 16.6 Å². The molecule has 0 unspecified atom stereocenters. The maximum absolute atomic E-state index is 12.1. The zero-order valence-electron chi connectivity index (χ0n) is 9.10. The highest BCUT2D eigenvalue weighted by Gasteiger charge is 2.28. The third-order valence-corrected chi connectivity index (χ3v) is 3.08. The maximum atomic E-state index is 12.1. The van der Waals surface area contributed by atoms with E-state index in [2.05, 4.69) is 4.98 Å². The van der Waals surface area contributed by atoms with Crippen LogP contribution in [0.3, 0.4) is 0 Å². The molecule has 1 heterocycles. The predicted octanol–water partition coefficient (Wildman–Crippen LogP) is 1.39. The van der Waals surface area contributed by atoms with E-state index in [0.717, 1.165) is 24.2 Å². The van der Waals surface area contributed by atoms with E-state index in [0.29, 0.717) is 17.0 Å². The Morgan fingerprint density at radius 2 is 2.19 bits per heavy atom. The normalized spacial score (nSPS) is 15.6. The van der Waals surface area contributed by atoms with Gasteiger partial charge in [0.05, 0.1) is 10.9 Å². The van der Waals surface area contributed by atoms with Crippen LogP contribution in [0.1, 0.15) is 24.6 Å². The minimum absolute atomic E-state index is 0.000741. The van der Waals surface area contributed by atoms with Crippen molar-refractivity contribution in [2.45, 2.75) is 18.8 Å². The summed E-state index contributed by atoms with van der Waals surface area (Å²) < 4.78 is 1.65. The molecule has 82 valence electrons. The number of benzene rings is 1. The van der Waals surface area contributed by atoms with Crippen molar-refractivity contribution < 1.29 is 0 Å². The Morgan fingerprint density at radius 1 is 1.44 bits per heavy atom. The van der Waals surface area contributed by atoms with E-state index in [9.17, 15) is 4.79 Å². The van der Waals surface area contributed by atoms with Crippen LogP contribution in [0.2, 0.25) is 0 Å². The van der Waals surface area contributed by atoms with Gasteiger partial charge in [-0.2, -0.15) is 0 Å². The molecule has 1 aliphatic carbocycles. The molecule has 0 radical (unpaired) electrons. The monoisotopic (exact) mass is 215 g/mol. The Kier molecular flexibility index (Phi) is 1.80. The third-order valence-electron chi connectivity index (χ3n) is 3.08. The van der Waals surface area contributed by atoms with Crippen LogP contribution in [-0.2, 0) is 7.05 Å². The molecule has 1 aromatic carbocycles. The second kappa shape index (κ2) is 3.07. The fourth-order valence-corrected chi connectivity index (χ4v) is 2.01. The van der Waals surface area contributed by atoms with Gasteiger partial charge < -0.3 is 5.73 Å². The summed E-state index contributed by atoms with van der Waals surface area (Å²) in [6.45, 7) is 0. The highest BCUT2D eigenvalue weighted by atomic mass is 16.1. The largest absolute Gasteiger partial charge is 0.399 e. The Hall–Kier alpha value is -1.84. The van der Waals surface area contributed by atoms with Gasteiger partial charge in [0.1, 0.15) is 5.82 Å². The fraction of sp³-hybridized carbons (Fsp3) is 0.333. The molecule has 1 aliphatic rings. The van der Waals surface area contributed by atoms with Crippen molar-refractivity contribution in [2.75, 3.05) is 5.73 Å². The smallest absolute Gasteiger partial charge is 0.261 e. The number of rotatable bonds is 1. The van der Waals surface area contributed by atoms with Gasteiger partial charge in [0, 0.05) is 18.7 Å². The van der Waals surface area contributed by atoms with Crippen molar-refractivity contribution in [1.29, 1.82) is 0 Å². The van der Waals surface area contributed by atoms with Gasteiger partial charge in [0.2, 0.25) is 0 Å². The molecule has 0 amide bonds. The summed E-state index contributed by atoms with van der Waals surface area (Å²) in [5.74, 6) is 1.38. The van der Waals surface area contributed by atoms with Gasteiger partial charge >= 0.3 is 0 Å². The van der Waals surface area contributed by atoms with Gasteiger partial charge in [-0.1, -0.05) is 0 Å². The molecule has 0 saturated heterocycles. The Morgan fingerprint density at radius 3 is 2.88 bits per heavy atom. The predicted molar refractivity (Wildman–Crippen MR) is 63.4 cm³/mol. The van der Waals surface area contributed by atoms with Crippen LogP contribution in [-0.4, -0.2) is 9.55 Å². The minimum atomic E-state index is -0.000741. The van der Waals surface area contributed by atoms with E-state index in [1.807, 2.05) is 6.07 Å². The summed E-state index contributed by atoms with van der Waals surface area (Å²) in [6.07, 6.45) is 2.28. The summed E-state index contributed by atoms with van der Waals surface area (Å²) in [5.41, 5.74) is 7.03. The van der Waals surface area contributed by atoms with Gasteiger partial charge in [0.15, 0.2) is 0 Å². The SMILES string of the molecule is Cn1c(C2CC2)nc2ccc(N)cc2c1=O. The molecule has 4 heteroatoms. The van der Waals surface area contributed by atoms with Gasteiger partial charge in [-0.3, -0.25) is 9.36 Å². The van der Waals surface area contributed by atoms with Crippen LogP contribution in [0, 0.1) is 0 Å². The van der Waals surface area contributed by atoms with Crippen LogP contribution in [0.5, 0.6) is 0 Å². The van der Waals surface area contributed by atoms with Crippen LogP contribution >= 0.6 is 0 Å². The lowest BCUT2D eigenvalue weighted by molar-refractivity contribution is 0.745. The lowest BCUT2D eigenvalue weighted by Gasteiger charge is -2.08. The molecule has 2 aromatic rings. The molecule has 16 heavy (non-hydrogen) atoms.